The Morgan fingerprint density at radius 2 is 1.62 bits per heavy atom. The molecule has 0 spiro atoms. The third-order valence-corrected chi connectivity index (χ3v) is 6.99. The van der Waals surface area contributed by atoms with Crippen LogP contribution >= 0.6 is 15.9 Å². The average molecular weight is 416 g/mol. The van der Waals surface area contributed by atoms with Gasteiger partial charge in [-0.3, -0.25) is 14.5 Å². The van der Waals surface area contributed by atoms with Crippen molar-refractivity contribution in [1.29, 1.82) is 0 Å². The number of halogens is 1. The molecule has 134 valence electrons. The number of imide groups is 1. The van der Waals surface area contributed by atoms with Crippen LogP contribution in [0.5, 0.6) is 5.75 Å². The minimum absolute atomic E-state index is 0.158. The molecular weight excluding hydrogens is 398 g/mol. The van der Waals surface area contributed by atoms with Crippen molar-refractivity contribution in [3.63, 3.8) is 0 Å². The molecule has 2 amide bonds. The Kier molecular flexibility index (Phi) is 3.45. The maximum atomic E-state index is 13.0. The molecule has 7 unspecified atom stereocenters. The van der Waals surface area contributed by atoms with Crippen LogP contribution in [0.4, 0.5) is 0 Å². The highest BCUT2D eigenvalue weighted by Gasteiger charge is 2.67. The van der Waals surface area contributed by atoms with Gasteiger partial charge in [-0.2, -0.15) is 0 Å². The highest BCUT2D eigenvalue weighted by atomic mass is 79.9. The van der Waals surface area contributed by atoms with Gasteiger partial charge < -0.3 is 4.74 Å². The van der Waals surface area contributed by atoms with Gasteiger partial charge in [-0.1, -0.05) is 28.1 Å². The van der Waals surface area contributed by atoms with Crippen LogP contribution in [-0.2, 0) is 14.4 Å². The van der Waals surface area contributed by atoms with Gasteiger partial charge in [0.2, 0.25) is 11.8 Å². The zero-order valence-electron chi connectivity index (χ0n) is 14.2. The fourth-order valence-corrected chi connectivity index (χ4v) is 5.44. The van der Waals surface area contributed by atoms with Gasteiger partial charge in [-0.15, -0.1) is 0 Å². The van der Waals surface area contributed by atoms with Gasteiger partial charge >= 0.3 is 5.97 Å². The first-order valence-electron chi connectivity index (χ1n) is 9.00. The number of hydrogen-bond acceptors (Lipinski definition) is 4. The molecule has 2 bridgehead atoms. The van der Waals surface area contributed by atoms with E-state index in [2.05, 4.69) is 28.1 Å². The summed E-state index contributed by atoms with van der Waals surface area (Å²) in [5, 5.41) is 0. The first kappa shape index (κ1) is 16.2. The Morgan fingerprint density at radius 3 is 2.15 bits per heavy atom. The van der Waals surface area contributed by atoms with E-state index in [0.29, 0.717) is 17.6 Å². The van der Waals surface area contributed by atoms with Gasteiger partial charge in [0.15, 0.2) is 0 Å². The standard InChI is InChI=1S/C20H18BrNO4/c1-9(20(25)26-11-4-2-10(21)3-5-11)22-18(23)16-12-6-7-13(15-8-14(12)15)17(16)19(22)24/h2-7,9,12-17H,8H2,1H3. The molecule has 7 atom stereocenters. The zero-order chi connectivity index (χ0) is 18.2. The van der Waals surface area contributed by atoms with Gasteiger partial charge in [0.05, 0.1) is 11.8 Å². The fourth-order valence-electron chi connectivity index (χ4n) is 5.17. The Bertz CT molecular complexity index is 812. The molecule has 0 radical (unpaired) electrons. The van der Waals surface area contributed by atoms with E-state index in [1.54, 1.807) is 31.2 Å². The van der Waals surface area contributed by atoms with Crippen LogP contribution in [0.15, 0.2) is 40.9 Å². The van der Waals surface area contributed by atoms with Crippen molar-refractivity contribution in [2.75, 3.05) is 0 Å². The number of likely N-dealkylation sites (tertiary alicyclic amines) is 1. The molecular formula is C20H18BrNO4. The van der Waals surface area contributed by atoms with Crippen molar-refractivity contribution >= 4 is 33.7 Å². The number of nitrogens with zero attached hydrogens (tertiary/aromatic N) is 1. The quantitative estimate of drug-likeness (QED) is 0.329. The lowest BCUT2D eigenvalue weighted by atomic mass is 9.63. The number of benzene rings is 1. The molecule has 1 aliphatic heterocycles. The van der Waals surface area contributed by atoms with Crippen LogP contribution < -0.4 is 4.74 Å². The van der Waals surface area contributed by atoms with E-state index in [9.17, 15) is 14.4 Å². The molecule has 3 fully saturated rings. The topological polar surface area (TPSA) is 63.7 Å². The van der Waals surface area contributed by atoms with Crippen molar-refractivity contribution in [1.82, 2.24) is 4.90 Å². The van der Waals surface area contributed by atoms with E-state index in [0.717, 1.165) is 15.8 Å². The van der Waals surface area contributed by atoms with E-state index in [1.807, 2.05) is 0 Å². The molecule has 4 aliphatic carbocycles. The molecule has 6 heteroatoms. The maximum Gasteiger partial charge on any atom is 0.334 e. The summed E-state index contributed by atoms with van der Waals surface area (Å²) < 4.78 is 6.25. The van der Waals surface area contributed by atoms with Gasteiger partial charge in [0.1, 0.15) is 11.8 Å². The van der Waals surface area contributed by atoms with Crippen LogP contribution in [0.3, 0.4) is 0 Å². The van der Waals surface area contributed by atoms with Crippen molar-refractivity contribution < 1.29 is 19.1 Å². The second kappa shape index (κ2) is 5.52. The third kappa shape index (κ3) is 2.17. The summed E-state index contributed by atoms with van der Waals surface area (Å²) >= 11 is 3.33. The minimum atomic E-state index is -0.917. The first-order valence-corrected chi connectivity index (χ1v) is 9.79. The summed E-state index contributed by atoms with van der Waals surface area (Å²) in [5.41, 5.74) is 0. The number of rotatable bonds is 3. The number of esters is 1. The van der Waals surface area contributed by atoms with Crippen molar-refractivity contribution in [3.05, 3.63) is 40.9 Å². The molecule has 26 heavy (non-hydrogen) atoms. The molecule has 1 saturated heterocycles. The van der Waals surface area contributed by atoms with Gasteiger partial charge in [0.25, 0.3) is 0 Å². The number of hydrogen-bond donors (Lipinski definition) is 0. The van der Waals surface area contributed by atoms with Crippen LogP contribution in [-0.4, -0.2) is 28.7 Å². The molecule has 5 aliphatic rings. The number of allylic oxidation sites excluding steroid dienone is 2. The maximum absolute atomic E-state index is 13.0. The molecule has 2 saturated carbocycles. The number of carbonyl (C=O) groups is 3. The smallest absolute Gasteiger partial charge is 0.334 e. The summed E-state index contributed by atoms with van der Waals surface area (Å²) in [6.07, 6.45) is 5.37. The Hall–Kier alpha value is -1.95. The molecule has 1 aromatic carbocycles. The highest BCUT2D eigenvalue weighted by Crippen LogP contribution is 2.65. The number of amides is 2. The molecule has 0 N–H and O–H groups in total. The first-order chi connectivity index (χ1) is 12.5. The fraction of sp³-hybridized carbons (Fsp3) is 0.450. The summed E-state index contributed by atoms with van der Waals surface area (Å²) in [4.78, 5) is 39.7. The average Bonchev–Trinajstić information content (AvgIpc) is 3.41. The number of ether oxygens (including phenoxy) is 1. The number of carbonyl (C=O) groups excluding carboxylic acids is 3. The second-order valence-electron chi connectivity index (χ2n) is 7.75. The Labute approximate surface area is 159 Å². The van der Waals surface area contributed by atoms with Gasteiger partial charge in [-0.25, -0.2) is 4.79 Å². The second-order valence-corrected chi connectivity index (χ2v) is 8.67. The Morgan fingerprint density at radius 1 is 1.08 bits per heavy atom. The zero-order valence-corrected chi connectivity index (χ0v) is 15.8. The van der Waals surface area contributed by atoms with Crippen molar-refractivity contribution in [2.24, 2.45) is 35.5 Å². The van der Waals surface area contributed by atoms with Crippen LogP contribution in [0.1, 0.15) is 13.3 Å². The van der Waals surface area contributed by atoms with E-state index >= 15 is 0 Å². The predicted octanol–water partition coefficient (Wildman–Crippen LogP) is 2.80. The van der Waals surface area contributed by atoms with Gasteiger partial charge in [-0.05, 0) is 61.3 Å². The van der Waals surface area contributed by atoms with Gasteiger partial charge in [0, 0.05) is 4.47 Å². The lowest BCUT2D eigenvalue weighted by molar-refractivity contribution is -0.152. The van der Waals surface area contributed by atoms with Crippen LogP contribution in [0.25, 0.3) is 0 Å². The summed E-state index contributed by atoms with van der Waals surface area (Å²) in [7, 11) is 0. The van der Waals surface area contributed by atoms with E-state index in [-0.39, 0.29) is 35.5 Å². The predicted molar refractivity (Wildman–Crippen MR) is 95.8 cm³/mol. The molecule has 6 rings (SSSR count). The molecule has 5 nitrogen and oxygen atoms in total. The molecule has 1 aromatic rings. The van der Waals surface area contributed by atoms with Crippen LogP contribution in [0, 0.1) is 35.5 Å². The lowest BCUT2D eigenvalue weighted by Crippen LogP contribution is -2.45. The SMILES string of the molecule is CC(C(=O)Oc1ccc(Br)cc1)N1C(=O)C2C3C=CC(C4CC34)C2C1=O. The normalized spacial score (nSPS) is 37.4. The van der Waals surface area contributed by atoms with E-state index in [4.69, 9.17) is 4.74 Å². The largest absolute Gasteiger partial charge is 0.425 e. The molecule has 1 heterocycles. The van der Waals surface area contributed by atoms with Crippen molar-refractivity contribution in [2.45, 2.75) is 19.4 Å². The van der Waals surface area contributed by atoms with Crippen molar-refractivity contribution in [3.8, 4) is 5.75 Å². The Balaban J connectivity index is 1.37. The summed E-state index contributed by atoms with van der Waals surface area (Å²) in [6, 6.07) is 5.95. The third-order valence-electron chi connectivity index (χ3n) is 6.46. The summed E-state index contributed by atoms with van der Waals surface area (Å²) in [6.45, 7) is 1.57. The highest BCUT2D eigenvalue weighted by molar-refractivity contribution is 9.10. The van der Waals surface area contributed by atoms with E-state index in [1.165, 1.54) is 0 Å². The minimum Gasteiger partial charge on any atom is -0.425 e. The monoisotopic (exact) mass is 415 g/mol. The lowest BCUT2D eigenvalue weighted by Gasteiger charge is -2.37. The van der Waals surface area contributed by atoms with Crippen LogP contribution in [0.2, 0.25) is 0 Å². The molecule has 0 aromatic heterocycles. The summed E-state index contributed by atoms with van der Waals surface area (Å²) in [5.74, 6) is 0.240. The van der Waals surface area contributed by atoms with E-state index < -0.39 is 12.0 Å².